The number of guanidine groups is 1. The Balaban J connectivity index is 1.83. The zero-order valence-electron chi connectivity index (χ0n) is 14.2. The monoisotopic (exact) mass is 322 g/mol. The molecule has 8 heteroatoms. The van der Waals surface area contributed by atoms with Gasteiger partial charge in [-0.25, -0.2) is 9.79 Å². The quantitative estimate of drug-likeness (QED) is 0.764. The van der Waals surface area contributed by atoms with E-state index >= 15 is 0 Å². The summed E-state index contributed by atoms with van der Waals surface area (Å²) in [5.41, 5.74) is 0. The smallest absolute Gasteiger partial charge is 0.325 e. The van der Waals surface area contributed by atoms with Gasteiger partial charge in [0.1, 0.15) is 0 Å². The van der Waals surface area contributed by atoms with E-state index < -0.39 is 12.2 Å². The van der Waals surface area contributed by atoms with Crippen molar-refractivity contribution in [1.82, 2.24) is 24.9 Å². The topological polar surface area (TPSA) is 71.5 Å². The zero-order valence-corrected chi connectivity index (χ0v) is 14.2. The third kappa shape index (κ3) is 2.75. The van der Waals surface area contributed by atoms with Crippen molar-refractivity contribution in [1.29, 1.82) is 0 Å². The van der Waals surface area contributed by atoms with E-state index in [1.165, 1.54) is 4.90 Å². The van der Waals surface area contributed by atoms with Crippen LogP contribution >= 0.6 is 0 Å². The number of urea groups is 1. The fourth-order valence-electron chi connectivity index (χ4n) is 3.52. The van der Waals surface area contributed by atoms with Gasteiger partial charge >= 0.3 is 6.03 Å². The molecule has 2 unspecified atom stereocenters. The molecule has 2 saturated heterocycles. The van der Waals surface area contributed by atoms with E-state index in [-0.39, 0.29) is 11.9 Å². The Morgan fingerprint density at radius 2 is 1.87 bits per heavy atom. The Labute approximate surface area is 137 Å². The minimum Gasteiger partial charge on any atom is -0.340 e. The minimum atomic E-state index is -0.415. The largest absolute Gasteiger partial charge is 0.340 e. The molecule has 0 aromatic rings. The van der Waals surface area contributed by atoms with E-state index in [0.29, 0.717) is 0 Å². The van der Waals surface area contributed by atoms with Gasteiger partial charge in [0.05, 0.1) is 0 Å². The van der Waals surface area contributed by atoms with Gasteiger partial charge in [-0.1, -0.05) is 13.8 Å². The van der Waals surface area contributed by atoms with Crippen molar-refractivity contribution in [2.45, 2.75) is 32.5 Å². The molecule has 1 N–H and O–H groups in total. The first-order valence-electron chi connectivity index (χ1n) is 8.46. The third-order valence-electron chi connectivity index (χ3n) is 4.91. The molecule has 0 aromatic heterocycles. The molecule has 3 aliphatic heterocycles. The number of nitrogens with zero attached hydrogens (tertiary/aromatic N) is 5. The van der Waals surface area contributed by atoms with E-state index in [1.807, 2.05) is 0 Å². The van der Waals surface area contributed by atoms with Crippen LogP contribution < -0.4 is 5.32 Å². The summed E-state index contributed by atoms with van der Waals surface area (Å²) < 4.78 is 0. The van der Waals surface area contributed by atoms with Gasteiger partial charge in [0.2, 0.25) is 0 Å². The summed E-state index contributed by atoms with van der Waals surface area (Å²) >= 11 is 0. The fraction of sp³-hybridized carbons (Fsp3) is 0.800. The molecule has 3 rings (SSSR count). The maximum atomic E-state index is 12.3. The van der Waals surface area contributed by atoms with Gasteiger partial charge in [0, 0.05) is 39.8 Å². The molecule has 2 atom stereocenters. The molecule has 8 nitrogen and oxygen atoms in total. The molecule has 0 aliphatic carbocycles. The van der Waals surface area contributed by atoms with E-state index in [9.17, 15) is 9.59 Å². The van der Waals surface area contributed by atoms with Crippen LogP contribution in [0, 0.1) is 0 Å². The predicted molar refractivity (Wildman–Crippen MR) is 87.0 cm³/mol. The number of hydrogen-bond donors (Lipinski definition) is 1. The third-order valence-corrected chi connectivity index (χ3v) is 4.91. The Bertz CT molecular complexity index is 514. The van der Waals surface area contributed by atoms with Crippen LogP contribution in [0.15, 0.2) is 4.99 Å². The van der Waals surface area contributed by atoms with Crippen molar-refractivity contribution in [3.05, 3.63) is 0 Å². The number of rotatable bonds is 3. The Kier molecular flexibility index (Phi) is 4.43. The van der Waals surface area contributed by atoms with Crippen molar-refractivity contribution in [3.63, 3.8) is 0 Å². The van der Waals surface area contributed by atoms with Crippen LogP contribution in [0.5, 0.6) is 0 Å². The lowest BCUT2D eigenvalue weighted by atomic mass is 10.1. The molecule has 3 aliphatic rings. The first-order valence-corrected chi connectivity index (χ1v) is 8.46. The van der Waals surface area contributed by atoms with Gasteiger partial charge < -0.3 is 19.6 Å². The second kappa shape index (κ2) is 6.35. The lowest BCUT2D eigenvalue weighted by Gasteiger charge is -2.40. The highest BCUT2D eigenvalue weighted by Gasteiger charge is 2.49. The van der Waals surface area contributed by atoms with Crippen molar-refractivity contribution < 1.29 is 9.59 Å². The average Bonchev–Trinajstić information content (AvgIpc) is 2.93. The van der Waals surface area contributed by atoms with Crippen LogP contribution in [0.4, 0.5) is 4.79 Å². The minimum absolute atomic E-state index is 0.238. The first kappa shape index (κ1) is 16.0. The number of likely N-dealkylation sites (N-methyl/N-ethyl adjacent to an activating group) is 2. The number of carbonyl (C=O) groups is 2. The molecule has 0 bridgehead atoms. The number of amides is 3. The second-order valence-corrected chi connectivity index (χ2v) is 6.31. The molecule has 0 radical (unpaired) electrons. The lowest BCUT2D eigenvalue weighted by Crippen LogP contribution is -2.64. The highest BCUT2D eigenvalue weighted by atomic mass is 16.2. The molecule has 3 heterocycles. The van der Waals surface area contributed by atoms with E-state index in [1.54, 1.807) is 7.05 Å². The summed E-state index contributed by atoms with van der Waals surface area (Å²) in [6, 6.07) is -0.773. The number of hydrogen-bond acceptors (Lipinski definition) is 6. The summed E-state index contributed by atoms with van der Waals surface area (Å²) in [7, 11) is 1.70. The van der Waals surface area contributed by atoms with Crippen LogP contribution in [0.3, 0.4) is 0 Å². The second-order valence-electron chi connectivity index (χ2n) is 6.31. The lowest BCUT2D eigenvalue weighted by molar-refractivity contribution is -0.127. The number of piperazine rings is 1. The normalized spacial score (nSPS) is 28.8. The highest BCUT2D eigenvalue weighted by Crippen LogP contribution is 2.26. The summed E-state index contributed by atoms with van der Waals surface area (Å²) in [5, 5.41) is 2.43. The van der Waals surface area contributed by atoms with Crippen molar-refractivity contribution in [3.8, 4) is 0 Å². The molecular weight excluding hydrogens is 296 g/mol. The summed E-state index contributed by atoms with van der Waals surface area (Å²) in [5.74, 6) is 0.631. The SMILES string of the molecule is CCCN1C(N2CCN(CC)CC2)=NC2C1C(=O)NC(=O)N2C. The summed E-state index contributed by atoms with van der Waals surface area (Å²) in [6.07, 6.45) is 0.518. The van der Waals surface area contributed by atoms with Gasteiger partial charge in [-0.2, -0.15) is 0 Å². The van der Waals surface area contributed by atoms with E-state index in [0.717, 1.165) is 51.6 Å². The van der Waals surface area contributed by atoms with Gasteiger partial charge in [-0.05, 0) is 13.0 Å². The van der Waals surface area contributed by atoms with Gasteiger partial charge in [0.25, 0.3) is 5.91 Å². The molecule has 0 spiro atoms. The maximum absolute atomic E-state index is 12.3. The van der Waals surface area contributed by atoms with Crippen molar-refractivity contribution >= 4 is 17.9 Å². The van der Waals surface area contributed by atoms with Gasteiger partial charge in [-0.15, -0.1) is 0 Å². The number of carbonyl (C=O) groups excluding carboxylic acids is 2. The summed E-state index contributed by atoms with van der Waals surface area (Å²) in [6.45, 7) is 9.92. The van der Waals surface area contributed by atoms with Gasteiger partial charge in [0.15, 0.2) is 18.2 Å². The number of imide groups is 1. The molecule has 2 fully saturated rings. The Morgan fingerprint density at radius 1 is 1.17 bits per heavy atom. The molecule has 128 valence electrons. The average molecular weight is 322 g/mol. The number of nitrogens with one attached hydrogen (secondary N) is 1. The van der Waals surface area contributed by atoms with Crippen LogP contribution in [-0.4, -0.2) is 96.0 Å². The van der Waals surface area contributed by atoms with Crippen LogP contribution in [-0.2, 0) is 4.79 Å². The first-order chi connectivity index (χ1) is 11.1. The molecule has 3 amide bonds. The number of fused-ring (bicyclic) bond motifs is 1. The molecule has 23 heavy (non-hydrogen) atoms. The standard InChI is InChI=1S/C15H26N6O2/c1-4-6-21-11-12(18(3)15(23)17-13(11)22)16-14(21)20-9-7-19(5-2)8-10-20/h11-12H,4-10H2,1-3H3,(H,17,22,23). The van der Waals surface area contributed by atoms with Crippen LogP contribution in [0.25, 0.3) is 0 Å². The zero-order chi connectivity index (χ0) is 16.6. The number of aliphatic imine (C=N–C) groups is 1. The van der Waals surface area contributed by atoms with Crippen LogP contribution in [0.2, 0.25) is 0 Å². The Hall–Kier alpha value is -1.83. The van der Waals surface area contributed by atoms with Gasteiger partial charge in [-0.3, -0.25) is 10.1 Å². The van der Waals surface area contributed by atoms with Crippen molar-refractivity contribution in [2.24, 2.45) is 4.99 Å². The van der Waals surface area contributed by atoms with Crippen LogP contribution in [0.1, 0.15) is 20.3 Å². The summed E-state index contributed by atoms with van der Waals surface area (Å²) in [4.78, 5) is 37.2. The van der Waals surface area contributed by atoms with E-state index in [4.69, 9.17) is 4.99 Å². The predicted octanol–water partition coefficient (Wildman–Crippen LogP) is -0.418. The molecular formula is C15H26N6O2. The van der Waals surface area contributed by atoms with Crippen molar-refractivity contribution in [2.75, 3.05) is 46.3 Å². The Morgan fingerprint density at radius 3 is 2.48 bits per heavy atom. The molecule has 0 aromatic carbocycles. The maximum Gasteiger partial charge on any atom is 0.325 e. The van der Waals surface area contributed by atoms with E-state index in [2.05, 4.69) is 33.9 Å². The fourth-order valence-corrected chi connectivity index (χ4v) is 3.52. The molecule has 0 saturated carbocycles. The highest BCUT2D eigenvalue weighted by molar-refractivity contribution is 6.03.